The van der Waals surface area contributed by atoms with Crippen LogP contribution in [0.2, 0.25) is 0 Å². The number of benzene rings is 1. The second kappa shape index (κ2) is 5.93. The van der Waals surface area contributed by atoms with Gasteiger partial charge in [-0.2, -0.15) is 0 Å². The maximum absolute atomic E-state index is 10.4. The fourth-order valence-corrected chi connectivity index (χ4v) is 0.955. The predicted molar refractivity (Wildman–Crippen MR) is 61.2 cm³/mol. The Bertz CT molecular complexity index is 264. The Morgan fingerprint density at radius 1 is 1.38 bits per heavy atom. The molecule has 0 aliphatic heterocycles. The van der Waals surface area contributed by atoms with Crippen LogP contribution in [0.1, 0.15) is 5.56 Å². The second-order valence-corrected chi connectivity index (χ2v) is 2.63. The molecule has 72 valence electrons. The first kappa shape index (κ1) is 12.4. The zero-order valence-corrected chi connectivity index (χ0v) is 9.34. The average molecular weight is 293 g/mol. The van der Waals surface area contributed by atoms with Gasteiger partial charge in [-0.3, -0.25) is 4.79 Å². The molecule has 1 aromatic carbocycles. The fraction of sp³-hybridized carbons (Fsp3) is 0.222. The molecule has 0 bridgehead atoms. The molecule has 13 heavy (non-hydrogen) atoms. The summed E-state index contributed by atoms with van der Waals surface area (Å²) in [5.41, 5.74) is 6.30. The van der Waals surface area contributed by atoms with Gasteiger partial charge >= 0.3 is 5.97 Å². The van der Waals surface area contributed by atoms with E-state index in [1.807, 2.05) is 30.3 Å². The van der Waals surface area contributed by atoms with E-state index in [0.29, 0.717) is 6.42 Å². The normalized spacial score (nSPS) is 11.5. The van der Waals surface area contributed by atoms with Crippen LogP contribution in [-0.2, 0) is 11.2 Å². The Labute approximate surface area is 94.0 Å². The van der Waals surface area contributed by atoms with Crippen molar-refractivity contribution < 1.29 is 9.90 Å². The van der Waals surface area contributed by atoms with Crippen LogP contribution in [0.4, 0.5) is 0 Å². The lowest BCUT2D eigenvalue weighted by molar-refractivity contribution is -0.138. The third kappa shape index (κ3) is 4.23. The SMILES string of the molecule is I.NC(Cc1ccccc1)C(=O)O. The zero-order chi connectivity index (χ0) is 8.97. The summed E-state index contributed by atoms with van der Waals surface area (Å²) in [5.74, 6) is -0.959. The van der Waals surface area contributed by atoms with Gasteiger partial charge in [0.05, 0.1) is 0 Å². The van der Waals surface area contributed by atoms with E-state index in [0.717, 1.165) is 5.56 Å². The highest BCUT2D eigenvalue weighted by Crippen LogP contribution is 2.01. The van der Waals surface area contributed by atoms with Crippen LogP contribution in [0, 0.1) is 0 Å². The molecule has 0 aliphatic rings. The van der Waals surface area contributed by atoms with Crippen LogP contribution >= 0.6 is 24.0 Å². The highest BCUT2D eigenvalue weighted by molar-refractivity contribution is 14.0. The number of hydrogen-bond acceptors (Lipinski definition) is 2. The van der Waals surface area contributed by atoms with E-state index in [1.165, 1.54) is 0 Å². The number of aliphatic carboxylic acids is 1. The van der Waals surface area contributed by atoms with E-state index < -0.39 is 12.0 Å². The van der Waals surface area contributed by atoms with Gasteiger partial charge in [0.1, 0.15) is 6.04 Å². The molecule has 0 heterocycles. The van der Waals surface area contributed by atoms with Gasteiger partial charge in [0.15, 0.2) is 0 Å². The third-order valence-electron chi connectivity index (χ3n) is 1.62. The zero-order valence-electron chi connectivity index (χ0n) is 7.01. The molecular weight excluding hydrogens is 281 g/mol. The lowest BCUT2D eigenvalue weighted by Crippen LogP contribution is -2.32. The van der Waals surface area contributed by atoms with E-state index in [2.05, 4.69) is 0 Å². The van der Waals surface area contributed by atoms with Gasteiger partial charge in [-0.25, -0.2) is 0 Å². The lowest BCUT2D eigenvalue weighted by atomic mass is 10.1. The Morgan fingerprint density at radius 2 is 1.92 bits per heavy atom. The van der Waals surface area contributed by atoms with Crippen molar-refractivity contribution in [3.63, 3.8) is 0 Å². The number of halogens is 1. The number of carboxylic acid groups (broad SMARTS) is 1. The number of carboxylic acids is 1. The van der Waals surface area contributed by atoms with E-state index >= 15 is 0 Å². The molecule has 1 unspecified atom stereocenters. The number of rotatable bonds is 3. The molecule has 0 fully saturated rings. The molecule has 0 radical (unpaired) electrons. The van der Waals surface area contributed by atoms with Crippen molar-refractivity contribution in [2.75, 3.05) is 0 Å². The van der Waals surface area contributed by atoms with Gasteiger partial charge in [0.2, 0.25) is 0 Å². The van der Waals surface area contributed by atoms with Gasteiger partial charge in [0.25, 0.3) is 0 Å². The van der Waals surface area contributed by atoms with Crippen LogP contribution in [0.25, 0.3) is 0 Å². The Balaban J connectivity index is 0.00000144. The molecule has 1 rings (SSSR count). The van der Waals surface area contributed by atoms with Crippen LogP contribution in [0.3, 0.4) is 0 Å². The largest absolute Gasteiger partial charge is 0.480 e. The summed E-state index contributed by atoms with van der Waals surface area (Å²) in [7, 11) is 0. The third-order valence-corrected chi connectivity index (χ3v) is 1.62. The van der Waals surface area contributed by atoms with E-state index in [-0.39, 0.29) is 24.0 Å². The second-order valence-electron chi connectivity index (χ2n) is 2.63. The topological polar surface area (TPSA) is 63.3 Å². The minimum absolute atomic E-state index is 0. The minimum Gasteiger partial charge on any atom is -0.480 e. The molecule has 3 nitrogen and oxygen atoms in total. The predicted octanol–water partition coefficient (Wildman–Crippen LogP) is 1.26. The molecule has 4 heteroatoms. The molecule has 0 aliphatic carbocycles. The Morgan fingerprint density at radius 3 is 2.38 bits per heavy atom. The smallest absolute Gasteiger partial charge is 0.320 e. The highest BCUT2D eigenvalue weighted by atomic mass is 127. The molecule has 1 atom stereocenters. The van der Waals surface area contributed by atoms with Crippen molar-refractivity contribution in [2.24, 2.45) is 5.73 Å². The first-order valence-electron chi connectivity index (χ1n) is 3.72. The molecule has 3 N–H and O–H groups in total. The molecular formula is C9H12INO2. The van der Waals surface area contributed by atoms with Crippen LogP contribution < -0.4 is 5.73 Å². The summed E-state index contributed by atoms with van der Waals surface area (Å²) < 4.78 is 0. The maximum Gasteiger partial charge on any atom is 0.320 e. The standard InChI is InChI=1S/C9H11NO2.HI/c10-8(9(11)12)6-7-4-2-1-3-5-7;/h1-5,8H,6,10H2,(H,11,12);1H. The van der Waals surface area contributed by atoms with Crippen molar-refractivity contribution in [2.45, 2.75) is 12.5 Å². The Hall–Kier alpha value is -0.620. The van der Waals surface area contributed by atoms with Crippen LogP contribution in [0.15, 0.2) is 30.3 Å². The molecule has 1 aromatic rings. The summed E-state index contributed by atoms with van der Waals surface area (Å²) in [6.45, 7) is 0. The van der Waals surface area contributed by atoms with Gasteiger partial charge in [-0.15, -0.1) is 24.0 Å². The molecule has 0 saturated carbocycles. The van der Waals surface area contributed by atoms with Crippen molar-refractivity contribution >= 4 is 29.9 Å². The summed E-state index contributed by atoms with van der Waals surface area (Å²) >= 11 is 0. The summed E-state index contributed by atoms with van der Waals surface area (Å²) in [6, 6.07) is 8.54. The summed E-state index contributed by atoms with van der Waals surface area (Å²) in [5, 5.41) is 8.52. The lowest BCUT2D eigenvalue weighted by Gasteiger charge is -2.04. The van der Waals surface area contributed by atoms with Gasteiger partial charge in [-0.05, 0) is 12.0 Å². The van der Waals surface area contributed by atoms with E-state index in [9.17, 15) is 4.79 Å². The van der Waals surface area contributed by atoms with Crippen molar-refractivity contribution in [3.8, 4) is 0 Å². The van der Waals surface area contributed by atoms with Gasteiger partial charge in [0, 0.05) is 0 Å². The van der Waals surface area contributed by atoms with Gasteiger partial charge < -0.3 is 10.8 Å². The minimum atomic E-state index is -0.959. The fourth-order valence-electron chi connectivity index (χ4n) is 0.955. The number of hydrogen-bond donors (Lipinski definition) is 2. The number of carbonyl (C=O) groups is 1. The van der Waals surface area contributed by atoms with E-state index in [4.69, 9.17) is 10.8 Å². The molecule has 0 saturated heterocycles. The number of nitrogens with two attached hydrogens (primary N) is 1. The van der Waals surface area contributed by atoms with Crippen LogP contribution in [0.5, 0.6) is 0 Å². The van der Waals surface area contributed by atoms with Crippen molar-refractivity contribution in [1.82, 2.24) is 0 Å². The van der Waals surface area contributed by atoms with Crippen LogP contribution in [-0.4, -0.2) is 17.1 Å². The molecule has 0 spiro atoms. The Kier molecular flexibility index (Phi) is 5.65. The molecule has 0 amide bonds. The summed E-state index contributed by atoms with van der Waals surface area (Å²) in [4.78, 5) is 10.4. The first-order chi connectivity index (χ1) is 5.70. The van der Waals surface area contributed by atoms with E-state index in [1.54, 1.807) is 0 Å². The van der Waals surface area contributed by atoms with Gasteiger partial charge in [-0.1, -0.05) is 30.3 Å². The summed E-state index contributed by atoms with van der Waals surface area (Å²) in [6.07, 6.45) is 0.385. The first-order valence-corrected chi connectivity index (χ1v) is 3.72. The quantitative estimate of drug-likeness (QED) is 0.825. The highest BCUT2D eigenvalue weighted by Gasteiger charge is 2.10. The maximum atomic E-state index is 10.4. The van der Waals surface area contributed by atoms with Crippen molar-refractivity contribution in [3.05, 3.63) is 35.9 Å². The molecule has 0 aromatic heterocycles. The van der Waals surface area contributed by atoms with Crippen molar-refractivity contribution in [1.29, 1.82) is 0 Å². The monoisotopic (exact) mass is 293 g/mol. The average Bonchev–Trinajstić information content (AvgIpc) is 2.06.